The van der Waals surface area contributed by atoms with Gasteiger partial charge in [0.15, 0.2) is 0 Å². The molecule has 0 fully saturated rings. The van der Waals surface area contributed by atoms with Gasteiger partial charge in [0.05, 0.1) is 6.07 Å². The fourth-order valence-corrected chi connectivity index (χ4v) is 1.83. The Morgan fingerprint density at radius 2 is 1.94 bits per heavy atom. The molecule has 92 valence electrons. The molecule has 4 nitrogen and oxygen atoms in total. The molecule has 0 aliphatic heterocycles. The molecule has 0 aliphatic rings. The molecule has 0 aromatic rings. The van der Waals surface area contributed by atoms with Crippen LogP contribution in [0.25, 0.3) is 0 Å². The summed E-state index contributed by atoms with van der Waals surface area (Å²) in [5.41, 5.74) is 0. The number of carbonyl (C=O) groups is 1. The van der Waals surface area contributed by atoms with E-state index < -0.39 is 5.92 Å². The van der Waals surface area contributed by atoms with Crippen molar-refractivity contribution in [2.24, 2.45) is 5.92 Å². The molecule has 0 radical (unpaired) electrons. The predicted octanol–water partition coefficient (Wildman–Crippen LogP) is 1.33. The number of hydrogen-bond acceptors (Lipinski definition) is 3. The van der Waals surface area contributed by atoms with Crippen LogP contribution in [0.15, 0.2) is 0 Å². The number of likely N-dealkylation sites (N-methyl/N-ethyl adjacent to an activating group) is 2. The second kappa shape index (κ2) is 7.24. The molecule has 0 heterocycles. The van der Waals surface area contributed by atoms with Gasteiger partial charge in [0, 0.05) is 19.1 Å². The van der Waals surface area contributed by atoms with Gasteiger partial charge in [-0.05, 0) is 34.4 Å². The van der Waals surface area contributed by atoms with Crippen LogP contribution in [0.2, 0.25) is 0 Å². The Hall–Kier alpha value is -1.08. The van der Waals surface area contributed by atoms with E-state index in [2.05, 4.69) is 6.07 Å². The third-order valence-corrected chi connectivity index (χ3v) is 2.65. The van der Waals surface area contributed by atoms with Crippen molar-refractivity contribution in [1.82, 2.24) is 9.80 Å². The first-order chi connectivity index (χ1) is 7.47. The van der Waals surface area contributed by atoms with E-state index in [9.17, 15) is 4.79 Å². The smallest absolute Gasteiger partial charge is 0.240 e. The quantitative estimate of drug-likeness (QED) is 0.685. The SMILES string of the molecule is CCC(C#N)C(=O)N(CC)C(C)CN(C)C. The zero-order valence-electron chi connectivity index (χ0n) is 11.0. The molecule has 2 unspecified atom stereocenters. The highest BCUT2D eigenvalue weighted by Crippen LogP contribution is 2.10. The number of nitrogens with zero attached hydrogens (tertiary/aromatic N) is 3. The summed E-state index contributed by atoms with van der Waals surface area (Å²) in [6, 6.07) is 2.22. The van der Waals surface area contributed by atoms with E-state index in [0.29, 0.717) is 13.0 Å². The van der Waals surface area contributed by atoms with Gasteiger partial charge in [0.25, 0.3) is 0 Å². The molecule has 2 atom stereocenters. The summed E-state index contributed by atoms with van der Waals surface area (Å²) >= 11 is 0. The Kier molecular flexibility index (Phi) is 6.75. The monoisotopic (exact) mass is 225 g/mol. The van der Waals surface area contributed by atoms with Gasteiger partial charge in [0.2, 0.25) is 5.91 Å². The van der Waals surface area contributed by atoms with Gasteiger partial charge in [-0.1, -0.05) is 6.92 Å². The van der Waals surface area contributed by atoms with E-state index in [-0.39, 0.29) is 11.9 Å². The van der Waals surface area contributed by atoms with Crippen LogP contribution in [0.1, 0.15) is 27.2 Å². The van der Waals surface area contributed by atoms with Crippen LogP contribution in [0.5, 0.6) is 0 Å². The average molecular weight is 225 g/mol. The van der Waals surface area contributed by atoms with Crippen LogP contribution < -0.4 is 0 Å². The second-order valence-corrected chi connectivity index (χ2v) is 4.33. The molecule has 0 aromatic carbocycles. The fourth-order valence-electron chi connectivity index (χ4n) is 1.83. The van der Waals surface area contributed by atoms with E-state index in [0.717, 1.165) is 6.54 Å². The van der Waals surface area contributed by atoms with Gasteiger partial charge in [-0.15, -0.1) is 0 Å². The van der Waals surface area contributed by atoms with Gasteiger partial charge in [-0.3, -0.25) is 4.79 Å². The molecule has 0 bridgehead atoms. The van der Waals surface area contributed by atoms with E-state index >= 15 is 0 Å². The molecule has 0 aromatic heterocycles. The number of carbonyl (C=O) groups excluding carboxylic acids is 1. The summed E-state index contributed by atoms with van der Waals surface area (Å²) in [7, 11) is 3.97. The van der Waals surface area contributed by atoms with E-state index in [1.807, 2.05) is 39.8 Å². The third kappa shape index (κ3) is 4.19. The number of hydrogen-bond donors (Lipinski definition) is 0. The van der Waals surface area contributed by atoms with Crippen LogP contribution in [-0.2, 0) is 4.79 Å². The lowest BCUT2D eigenvalue weighted by molar-refractivity contribution is -0.135. The van der Waals surface area contributed by atoms with Crippen molar-refractivity contribution in [1.29, 1.82) is 5.26 Å². The lowest BCUT2D eigenvalue weighted by atomic mass is 10.1. The molecule has 1 amide bonds. The van der Waals surface area contributed by atoms with Crippen molar-refractivity contribution >= 4 is 5.91 Å². The number of rotatable bonds is 6. The van der Waals surface area contributed by atoms with E-state index in [4.69, 9.17) is 5.26 Å². The lowest BCUT2D eigenvalue weighted by Gasteiger charge is -2.31. The molecule has 0 saturated carbocycles. The Morgan fingerprint density at radius 1 is 1.38 bits per heavy atom. The van der Waals surface area contributed by atoms with Crippen LogP contribution in [0.3, 0.4) is 0 Å². The van der Waals surface area contributed by atoms with Crippen LogP contribution in [-0.4, -0.2) is 48.9 Å². The normalized spacial score (nSPS) is 14.3. The highest BCUT2D eigenvalue weighted by atomic mass is 16.2. The minimum Gasteiger partial charge on any atom is -0.338 e. The Balaban J connectivity index is 4.60. The molecule has 0 spiro atoms. The Morgan fingerprint density at radius 3 is 2.25 bits per heavy atom. The summed E-state index contributed by atoms with van der Waals surface area (Å²) < 4.78 is 0. The first-order valence-corrected chi connectivity index (χ1v) is 5.82. The van der Waals surface area contributed by atoms with Gasteiger partial charge >= 0.3 is 0 Å². The summed E-state index contributed by atoms with van der Waals surface area (Å²) in [5, 5.41) is 8.90. The molecule has 0 aliphatic carbocycles. The molecular formula is C12H23N3O. The van der Waals surface area contributed by atoms with Crippen molar-refractivity contribution in [3.63, 3.8) is 0 Å². The maximum absolute atomic E-state index is 12.0. The Labute approximate surface area is 98.8 Å². The standard InChI is InChI=1S/C12H23N3O/c1-6-11(8-13)12(16)15(7-2)10(3)9-14(4)5/h10-11H,6-7,9H2,1-5H3. The van der Waals surface area contributed by atoms with Crippen molar-refractivity contribution in [2.45, 2.75) is 33.2 Å². The third-order valence-electron chi connectivity index (χ3n) is 2.65. The van der Waals surface area contributed by atoms with Gasteiger partial charge in [-0.25, -0.2) is 0 Å². The van der Waals surface area contributed by atoms with Crippen molar-refractivity contribution in [3.05, 3.63) is 0 Å². The average Bonchev–Trinajstić information content (AvgIpc) is 2.19. The van der Waals surface area contributed by atoms with E-state index in [1.54, 1.807) is 4.90 Å². The molecule has 0 N–H and O–H groups in total. The van der Waals surface area contributed by atoms with Gasteiger partial charge in [-0.2, -0.15) is 5.26 Å². The highest BCUT2D eigenvalue weighted by molar-refractivity contribution is 5.81. The topological polar surface area (TPSA) is 47.3 Å². The zero-order chi connectivity index (χ0) is 12.7. The van der Waals surface area contributed by atoms with E-state index in [1.165, 1.54) is 0 Å². The molecule has 4 heteroatoms. The first-order valence-electron chi connectivity index (χ1n) is 5.82. The summed E-state index contributed by atoms with van der Waals surface area (Å²) in [6.07, 6.45) is 0.584. The van der Waals surface area contributed by atoms with Crippen LogP contribution in [0, 0.1) is 17.2 Å². The highest BCUT2D eigenvalue weighted by Gasteiger charge is 2.25. The second-order valence-electron chi connectivity index (χ2n) is 4.33. The first kappa shape index (κ1) is 14.9. The Bertz CT molecular complexity index is 257. The van der Waals surface area contributed by atoms with Crippen LogP contribution >= 0.6 is 0 Å². The van der Waals surface area contributed by atoms with Crippen molar-refractivity contribution < 1.29 is 4.79 Å². The van der Waals surface area contributed by atoms with Crippen molar-refractivity contribution in [3.8, 4) is 6.07 Å². The predicted molar refractivity (Wildman–Crippen MR) is 64.8 cm³/mol. The molecule has 0 rings (SSSR count). The molecule has 0 saturated heterocycles. The lowest BCUT2D eigenvalue weighted by Crippen LogP contribution is -2.46. The largest absolute Gasteiger partial charge is 0.338 e. The van der Waals surface area contributed by atoms with Crippen molar-refractivity contribution in [2.75, 3.05) is 27.2 Å². The van der Waals surface area contributed by atoms with Gasteiger partial charge in [0.1, 0.15) is 5.92 Å². The number of amides is 1. The maximum Gasteiger partial charge on any atom is 0.240 e. The molecule has 16 heavy (non-hydrogen) atoms. The zero-order valence-corrected chi connectivity index (χ0v) is 11.0. The summed E-state index contributed by atoms with van der Waals surface area (Å²) in [4.78, 5) is 15.9. The van der Waals surface area contributed by atoms with Crippen LogP contribution in [0.4, 0.5) is 0 Å². The minimum atomic E-state index is -0.496. The molecular weight excluding hydrogens is 202 g/mol. The summed E-state index contributed by atoms with van der Waals surface area (Å²) in [6.45, 7) is 7.32. The minimum absolute atomic E-state index is 0.0400. The van der Waals surface area contributed by atoms with Gasteiger partial charge < -0.3 is 9.80 Å². The summed E-state index contributed by atoms with van der Waals surface area (Å²) in [5.74, 6) is -0.536. The fraction of sp³-hybridized carbons (Fsp3) is 0.833. The number of nitriles is 1. The maximum atomic E-state index is 12.0.